The molecular formula is C17H19N3O5. The quantitative estimate of drug-likeness (QED) is 0.773. The van der Waals surface area contributed by atoms with Crippen molar-refractivity contribution in [2.24, 2.45) is 0 Å². The monoisotopic (exact) mass is 345 g/mol. The van der Waals surface area contributed by atoms with Gasteiger partial charge in [0.1, 0.15) is 0 Å². The molecular weight excluding hydrogens is 326 g/mol. The summed E-state index contributed by atoms with van der Waals surface area (Å²) < 4.78 is 9.93. The van der Waals surface area contributed by atoms with Crippen molar-refractivity contribution in [3.05, 3.63) is 47.8 Å². The minimum absolute atomic E-state index is 0.121. The maximum absolute atomic E-state index is 11.9. The van der Waals surface area contributed by atoms with Crippen molar-refractivity contribution in [2.45, 2.75) is 0 Å². The predicted molar refractivity (Wildman–Crippen MR) is 90.7 cm³/mol. The van der Waals surface area contributed by atoms with Gasteiger partial charge < -0.3 is 24.7 Å². The lowest BCUT2D eigenvalue weighted by molar-refractivity contribution is -0.118. The lowest BCUT2D eigenvalue weighted by Gasteiger charge is -2.11. The van der Waals surface area contributed by atoms with Crippen molar-refractivity contribution in [2.75, 3.05) is 33.1 Å². The molecule has 0 saturated carbocycles. The number of benzene rings is 1. The van der Waals surface area contributed by atoms with Crippen molar-refractivity contribution in [1.29, 1.82) is 0 Å². The van der Waals surface area contributed by atoms with Crippen LogP contribution in [0.5, 0.6) is 5.75 Å². The van der Waals surface area contributed by atoms with E-state index in [2.05, 4.69) is 15.0 Å². The zero-order valence-electron chi connectivity index (χ0n) is 14.2. The third kappa shape index (κ3) is 4.60. The first-order valence-electron chi connectivity index (χ1n) is 7.42. The second kappa shape index (κ2) is 8.00. The van der Waals surface area contributed by atoms with Crippen LogP contribution in [0.1, 0.15) is 20.8 Å². The molecule has 2 rings (SSSR count). The summed E-state index contributed by atoms with van der Waals surface area (Å²) in [6, 6.07) is 8.04. The van der Waals surface area contributed by atoms with Gasteiger partial charge in [0.25, 0.3) is 11.8 Å². The maximum atomic E-state index is 11.9. The van der Waals surface area contributed by atoms with Gasteiger partial charge in [0, 0.05) is 31.5 Å². The summed E-state index contributed by atoms with van der Waals surface area (Å²) >= 11 is 0. The topological polar surface area (TPSA) is 101 Å². The fourth-order valence-corrected chi connectivity index (χ4v) is 2.03. The molecule has 2 N–H and O–H groups in total. The van der Waals surface area contributed by atoms with E-state index in [1.807, 2.05) is 0 Å². The van der Waals surface area contributed by atoms with Crippen molar-refractivity contribution < 1.29 is 23.9 Å². The molecule has 0 radical (unpaired) electrons. The number of aromatic amines is 1. The molecule has 8 heteroatoms. The minimum atomic E-state index is -0.582. The number of anilines is 1. The first-order chi connectivity index (χ1) is 11.9. The van der Waals surface area contributed by atoms with E-state index in [0.29, 0.717) is 11.3 Å². The Labute approximate surface area is 144 Å². The Bertz CT molecular complexity index is 765. The molecule has 1 heterocycles. The van der Waals surface area contributed by atoms with E-state index < -0.39 is 11.9 Å². The van der Waals surface area contributed by atoms with Gasteiger partial charge in [-0.2, -0.15) is 0 Å². The van der Waals surface area contributed by atoms with E-state index in [1.165, 1.54) is 24.3 Å². The van der Waals surface area contributed by atoms with Gasteiger partial charge in [-0.05, 0) is 30.3 Å². The Kier molecular flexibility index (Phi) is 5.78. The highest BCUT2D eigenvalue weighted by atomic mass is 16.5. The van der Waals surface area contributed by atoms with Gasteiger partial charge in [-0.25, -0.2) is 4.79 Å². The SMILES string of the molecule is COC(=O)c1[nH]ccc1OCC(=O)Nc1ccc(C(=O)N(C)C)cc1. The maximum Gasteiger partial charge on any atom is 0.358 e. The Balaban J connectivity index is 1.92. The zero-order valence-corrected chi connectivity index (χ0v) is 14.2. The van der Waals surface area contributed by atoms with Gasteiger partial charge in [0.2, 0.25) is 0 Å². The predicted octanol–water partition coefficient (Wildman–Crippen LogP) is 1.52. The van der Waals surface area contributed by atoms with Crippen LogP contribution in [0.4, 0.5) is 5.69 Å². The number of H-pyrrole nitrogens is 1. The van der Waals surface area contributed by atoms with E-state index in [9.17, 15) is 14.4 Å². The summed E-state index contributed by atoms with van der Waals surface area (Å²) in [6.07, 6.45) is 1.51. The summed E-state index contributed by atoms with van der Waals surface area (Å²) in [7, 11) is 4.59. The average molecular weight is 345 g/mol. The fourth-order valence-electron chi connectivity index (χ4n) is 2.03. The molecule has 0 aliphatic heterocycles. The number of rotatable bonds is 6. The molecule has 0 bridgehead atoms. The van der Waals surface area contributed by atoms with E-state index in [1.54, 1.807) is 38.4 Å². The Morgan fingerprint density at radius 1 is 1.12 bits per heavy atom. The van der Waals surface area contributed by atoms with Crippen LogP contribution in [0.25, 0.3) is 0 Å². The number of esters is 1. The summed E-state index contributed by atoms with van der Waals surface area (Å²) in [5, 5.41) is 2.65. The molecule has 0 aliphatic carbocycles. The van der Waals surface area contributed by atoms with Gasteiger partial charge >= 0.3 is 5.97 Å². The molecule has 8 nitrogen and oxygen atoms in total. The molecule has 2 amide bonds. The van der Waals surface area contributed by atoms with Crippen molar-refractivity contribution in [3.63, 3.8) is 0 Å². The van der Waals surface area contributed by atoms with E-state index in [4.69, 9.17) is 4.74 Å². The van der Waals surface area contributed by atoms with E-state index >= 15 is 0 Å². The van der Waals surface area contributed by atoms with Crippen LogP contribution in [0.3, 0.4) is 0 Å². The normalized spacial score (nSPS) is 10.0. The second-order valence-electron chi connectivity index (χ2n) is 5.32. The van der Waals surface area contributed by atoms with Crippen LogP contribution in [0.2, 0.25) is 0 Å². The van der Waals surface area contributed by atoms with Crippen molar-refractivity contribution >= 4 is 23.5 Å². The Morgan fingerprint density at radius 2 is 1.80 bits per heavy atom. The van der Waals surface area contributed by atoms with Crippen molar-refractivity contribution in [1.82, 2.24) is 9.88 Å². The summed E-state index contributed by atoms with van der Waals surface area (Å²) in [6.45, 7) is -0.278. The number of hydrogen-bond acceptors (Lipinski definition) is 5. The summed E-state index contributed by atoms with van der Waals surface area (Å²) in [5.74, 6) is -0.872. The Morgan fingerprint density at radius 3 is 2.40 bits per heavy atom. The van der Waals surface area contributed by atoms with Gasteiger partial charge in [-0.3, -0.25) is 9.59 Å². The smallest absolute Gasteiger partial charge is 0.358 e. The summed E-state index contributed by atoms with van der Waals surface area (Å²) in [4.78, 5) is 39.4. The highest BCUT2D eigenvalue weighted by Crippen LogP contribution is 2.17. The number of amides is 2. The zero-order chi connectivity index (χ0) is 18.4. The molecule has 0 saturated heterocycles. The van der Waals surface area contributed by atoms with Crippen LogP contribution < -0.4 is 10.1 Å². The highest BCUT2D eigenvalue weighted by molar-refractivity contribution is 5.96. The van der Waals surface area contributed by atoms with Crippen LogP contribution >= 0.6 is 0 Å². The van der Waals surface area contributed by atoms with Gasteiger partial charge in [-0.1, -0.05) is 0 Å². The third-order valence-electron chi connectivity index (χ3n) is 3.28. The lowest BCUT2D eigenvalue weighted by Crippen LogP contribution is -2.22. The molecule has 1 aromatic heterocycles. The molecule has 0 atom stereocenters. The minimum Gasteiger partial charge on any atom is -0.481 e. The number of ether oxygens (including phenoxy) is 2. The van der Waals surface area contributed by atoms with Gasteiger partial charge in [-0.15, -0.1) is 0 Å². The van der Waals surface area contributed by atoms with Gasteiger partial charge in [0.15, 0.2) is 18.1 Å². The number of carbonyl (C=O) groups is 3. The first-order valence-corrected chi connectivity index (χ1v) is 7.42. The first kappa shape index (κ1) is 18.1. The summed E-state index contributed by atoms with van der Waals surface area (Å²) in [5.41, 5.74) is 1.20. The number of carbonyl (C=O) groups excluding carboxylic acids is 3. The molecule has 1 aromatic carbocycles. The molecule has 0 spiro atoms. The number of aromatic nitrogens is 1. The molecule has 132 valence electrons. The lowest BCUT2D eigenvalue weighted by atomic mass is 10.2. The highest BCUT2D eigenvalue weighted by Gasteiger charge is 2.15. The molecule has 2 aromatic rings. The molecule has 0 fully saturated rings. The number of methoxy groups -OCH3 is 1. The van der Waals surface area contributed by atoms with Gasteiger partial charge in [0.05, 0.1) is 7.11 Å². The van der Waals surface area contributed by atoms with Crippen LogP contribution in [0.15, 0.2) is 36.5 Å². The third-order valence-corrected chi connectivity index (χ3v) is 3.28. The van der Waals surface area contributed by atoms with E-state index in [0.717, 1.165) is 0 Å². The van der Waals surface area contributed by atoms with Crippen molar-refractivity contribution in [3.8, 4) is 5.75 Å². The van der Waals surface area contributed by atoms with Crippen LogP contribution in [0, 0.1) is 0 Å². The molecule has 0 aliphatic rings. The number of hydrogen-bond donors (Lipinski definition) is 2. The largest absolute Gasteiger partial charge is 0.481 e. The number of nitrogens with zero attached hydrogens (tertiary/aromatic N) is 1. The number of nitrogens with one attached hydrogen (secondary N) is 2. The second-order valence-corrected chi connectivity index (χ2v) is 5.32. The Hall–Kier alpha value is -3.29. The van der Waals surface area contributed by atoms with Crippen LogP contribution in [-0.4, -0.2) is 55.5 Å². The fraction of sp³-hybridized carbons (Fsp3) is 0.235. The standard InChI is InChI=1S/C17H19N3O5/c1-20(2)16(22)11-4-6-12(7-5-11)19-14(21)10-25-13-8-9-18-15(13)17(23)24-3/h4-9,18H,10H2,1-3H3,(H,19,21). The average Bonchev–Trinajstić information content (AvgIpc) is 3.07. The molecule has 0 unspecified atom stereocenters. The molecule has 25 heavy (non-hydrogen) atoms. The van der Waals surface area contributed by atoms with E-state index in [-0.39, 0.29) is 24.0 Å². The van der Waals surface area contributed by atoms with Crippen LogP contribution in [-0.2, 0) is 9.53 Å².